The molecule has 0 saturated heterocycles. The van der Waals surface area contributed by atoms with Gasteiger partial charge in [0.1, 0.15) is 11.5 Å². The second kappa shape index (κ2) is 14.1. The quantitative estimate of drug-likeness (QED) is 0.179. The third kappa shape index (κ3) is 5.87. The van der Waals surface area contributed by atoms with Crippen LogP contribution in [-0.4, -0.2) is 42.7 Å². The molecule has 226 valence electrons. The van der Waals surface area contributed by atoms with Gasteiger partial charge in [0, 0.05) is 60.6 Å². The number of hydrogen-bond acceptors (Lipinski definition) is 6. The SMILES string of the molecule is CC.COC1C(c2c(O)cc(N(c3ccccc3)c3ccccc3)cc2O)C(OC)C1N(c1ccccc1)c1ccccc1. The molecule has 0 heterocycles. The average Bonchev–Trinajstić information content (AvgIpc) is 3.07. The van der Waals surface area contributed by atoms with Gasteiger partial charge in [-0.05, 0) is 48.5 Å². The van der Waals surface area contributed by atoms with Crippen LogP contribution in [0.3, 0.4) is 0 Å². The summed E-state index contributed by atoms with van der Waals surface area (Å²) in [5.41, 5.74) is 4.87. The number of nitrogens with zero attached hydrogens (tertiary/aromatic N) is 2. The molecule has 5 aromatic rings. The van der Waals surface area contributed by atoms with Gasteiger partial charge < -0.3 is 29.5 Å². The van der Waals surface area contributed by atoms with Gasteiger partial charge in [-0.1, -0.05) is 86.6 Å². The maximum Gasteiger partial charge on any atom is 0.125 e. The van der Waals surface area contributed by atoms with E-state index < -0.39 is 5.92 Å². The van der Waals surface area contributed by atoms with Crippen LogP contribution in [0.4, 0.5) is 28.4 Å². The number of ether oxygens (including phenoxy) is 2. The highest BCUT2D eigenvalue weighted by atomic mass is 16.5. The molecule has 0 aliphatic heterocycles. The lowest BCUT2D eigenvalue weighted by Crippen LogP contribution is -2.66. The predicted octanol–water partition coefficient (Wildman–Crippen LogP) is 8.93. The van der Waals surface area contributed by atoms with Gasteiger partial charge in [0.15, 0.2) is 0 Å². The highest BCUT2D eigenvalue weighted by molar-refractivity contribution is 5.79. The molecule has 0 radical (unpaired) electrons. The average molecular weight is 589 g/mol. The van der Waals surface area contributed by atoms with Crippen LogP contribution in [0.5, 0.6) is 11.5 Å². The summed E-state index contributed by atoms with van der Waals surface area (Å²) in [5, 5.41) is 23.0. The monoisotopic (exact) mass is 588 g/mol. The standard InChI is InChI=1S/C36H34N2O4.C2H6/c1-41-35-33(36(42-2)34(35)38(27-19-11-5-12-20-27)28-21-13-6-14-22-28)32-30(39)23-29(24-31(32)40)37(25-15-7-3-8-16-25)26-17-9-4-10-18-26;1-2/h3-24,33-36,39-40H,1-2H3;1-2H3. The number of hydrogen-bond donors (Lipinski definition) is 2. The summed E-state index contributed by atoms with van der Waals surface area (Å²) < 4.78 is 12.2. The van der Waals surface area contributed by atoms with Crippen LogP contribution in [0, 0.1) is 0 Å². The molecule has 2 atom stereocenters. The predicted molar refractivity (Wildman–Crippen MR) is 179 cm³/mol. The second-order valence-electron chi connectivity index (χ2n) is 10.4. The smallest absolute Gasteiger partial charge is 0.125 e. The summed E-state index contributed by atoms with van der Waals surface area (Å²) in [7, 11) is 3.33. The van der Waals surface area contributed by atoms with Gasteiger partial charge in [0.25, 0.3) is 0 Å². The fraction of sp³-hybridized carbons (Fsp3) is 0.211. The van der Waals surface area contributed by atoms with E-state index in [-0.39, 0.29) is 29.7 Å². The molecule has 0 spiro atoms. The number of anilines is 5. The zero-order chi connectivity index (χ0) is 31.1. The molecule has 44 heavy (non-hydrogen) atoms. The Balaban J connectivity index is 0.00000188. The van der Waals surface area contributed by atoms with E-state index in [0.717, 1.165) is 22.7 Å². The molecule has 0 aromatic heterocycles. The second-order valence-corrected chi connectivity index (χ2v) is 10.4. The molecule has 1 aliphatic carbocycles. The molecule has 6 heteroatoms. The number of phenols is 2. The first kappa shape index (κ1) is 30.7. The first-order chi connectivity index (χ1) is 21.6. The normalized spacial score (nSPS) is 18.8. The van der Waals surface area contributed by atoms with E-state index in [2.05, 4.69) is 29.2 Å². The summed E-state index contributed by atoms with van der Waals surface area (Å²) in [6, 6.07) is 43.2. The maximum absolute atomic E-state index is 11.5. The summed E-state index contributed by atoms with van der Waals surface area (Å²) >= 11 is 0. The third-order valence-corrected chi connectivity index (χ3v) is 8.03. The Hall–Kier alpha value is -4.78. The molecular formula is C38H40N2O4. The molecule has 1 saturated carbocycles. The van der Waals surface area contributed by atoms with E-state index >= 15 is 0 Å². The molecule has 2 N–H and O–H groups in total. The molecule has 6 nitrogen and oxygen atoms in total. The Morgan fingerprint density at radius 2 is 0.841 bits per heavy atom. The van der Waals surface area contributed by atoms with E-state index in [4.69, 9.17) is 9.47 Å². The van der Waals surface area contributed by atoms with Crippen molar-refractivity contribution in [1.82, 2.24) is 0 Å². The Kier molecular flexibility index (Phi) is 9.85. The minimum Gasteiger partial charge on any atom is -0.507 e. The zero-order valence-electron chi connectivity index (χ0n) is 25.6. The van der Waals surface area contributed by atoms with E-state index in [9.17, 15) is 10.2 Å². The molecule has 1 fully saturated rings. The van der Waals surface area contributed by atoms with E-state index in [0.29, 0.717) is 11.3 Å². The fourth-order valence-electron chi connectivity index (χ4n) is 6.20. The van der Waals surface area contributed by atoms with Crippen molar-refractivity contribution in [3.63, 3.8) is 0 Å². The number of aromatic hydroxyl groups is 2. The number of benzene rings is 5. The first-order valence-electron chi connectivity index (χ1n) is 15.0. The van der Waals surface area contributed by atoms with Gasteiger partial charge >= 0.3 is 0 Å². The van der Waals surface area contributed by atoms with Crippen molar-refractivity contribution in [2.45, 2.75) is 38.0 Å². The van der Waals surface area contributed by atoms with Crippen molar-refractivity contribution in [2.24, 2.45) is 0 Å². The first-order valence-corrected chi connectivity index (χ1v) is 15.0. The van der Waals surface area contributed by atoms with Crippen LogP contribution in [0.1, 0.15) is 25.3 Å². The largest absolute Gasteiger partial charge is 0.507 e. The van der Waals surface area contributed by atoms with Gasteiger partial charge in [-0.3, -0.25) is 0 Å². The van der Waals surface area contributed by atoms with Gasteiger partial charge in [-0.2, -0.15) is 0 Å². The highest BCUT2D eigenvalue weighted by Crippen LogP contribution is 2.53. The lowest BCUT2D eigenvalue weighted by atomic mass is 9.68. The van der Waals surface area contributed by atoms with Crippen LogP contribution in [0.2, 0.25) is 0 Å². The Labute approximate surface area is 260 Å². The van der Waals surface area contributed by atoms with Crippen molar-refractivity contribution in [3.8, 4) is 11.5 Å². The lowest BCUT2D eigenvalue weighted by Gasteiger charge is -2.55. The van der Waals surface area contributed by atoms with Gasteiger partial charge in [-0.25, -0.2) is 0 Å². The summed E-state index contributed by atoms with van der Waals surface area (Å²) in [6.45, 7) is 4.00. The van der Waals surface area contributed by atoms with Crippen molar-refractivity contribution in [3.05, 3.63) is 139 Å². The zero-order valence-corrected chi connectivity index (χ0v) is 25.6. The molecule has 0 bridgehead atoms. The summed E-state index contributed by atoms with van der Waals surface area (Å²) in [4.78, 5) is 4.22. The van der Waals surface area contributed by atoms with Gasteiger partial charge in [0.05, 0.1) is 23.9 Å². The van der Waals surface area contributed by atoms with Crippen LogP contribution in [0.25, 0.3) is 0 Å². The number of phenolic OH excluding ortho intramolecular Hbond substituents is 2. The van der Waals surface area contributed by atoms with E-state index in [1.165, 1.54) is 0 Å². The highest BCUT2D eigenvalue weighted by Gasteiger charge is 2.57. The minimum atomic E-state index is -0.407. The molecule has 6 rings (SSSR count). The van der Waals surface area contributed by atoms with Crippen LogP contribution in [0.15, 0.2) is 133 Å². The van der Waals surface area contributed by atoms with Crippen molar-refractivity contribution in [2.75, 3.05) is 24.0 Å². The summed E-state index contributed by atoms with van der Waals surface area (Å²) in [5.74, 6) is -0.434. The topological polar surface area (TPSA) is 65.4 Å². The summed E-state index contributed by atoms with van der Waals surface area (Å²) in [6.07, 6.45) is -0.755. The number of rotatable bonds is 9. The molecule has 1 aliphatic rings. The van der Waals surface area contributed by atoms with Gasteiger partial charge in [0.2, 0.25) is 0 Å². The third-order valence-electron chi connectivity index (χ3n) is 8.03. The van der Waals surface area contributed by atoms with E-state index in [1.54, 1.807) is 26.4 Å². The van der Waals surface area contributed by atoms with Gasteiger partial charge in [-0.15, -0.1) is 0 Å². The lowest BCUT2D eigenvalue weighted by molar-refractivity contribution is -0.112. The van der Waals surface area contributed by atoms with Crippen LogP contribution in [-0.2, 0) is 9.47 Å². The molecule has 5 aromatic carbocycles. The fourth-order valence-corrected chi connectivity index (χ4v) is 6.20. The Bertz CT molecular complexity index is 1490. The van der Waals surface area contributed by atoms with Crippen LogP contribution < -0.4 is 9.80 Å². The number of para-hydroxylation sites is 4. The van der Waals surface area contributed by atoms with E-state index in [1.807, 2.05) is 116 Å². The minimum absolute atomic E-state index is 0.0135. The molecular weight excluding hydrogens is 548 g/mol. The Morgan fingerprint density at radius 1 is 0.500 bits per heavy atom. The van der Waals surface area contributed by atoms with Crippen molar-refractivity contribution in [1.29, 1.82) is 0 Å². The number of methoxy groups -OCH3 is 2. The van der Waals surface area contributed by atoms with Crippen molar-refractivity contribution >= 4 is 28.4 Å². The maximum atomic E-state index is 11.5. The molecule has 2 unspecified atom stereocenters. The van der Waals surface area contributed by atoms with Crippen LogP contribution >= 0.6 is 0 Å². The molecule has 0 amide bonds. The van der Waals surface area contributed by atoms with Crippen molar-refractivity contribution < 1.29 is 19.7 Å². The Morgan fingerprint density at radius 3 is 1.18 bits per heavy atom.